The van der Waals surface area contributed by atoms with Crippen LogP contribution in [0.5, 0.6) is 0 Å². The number of aliphatic hydroxyl groups excluding tert-OH is 1. The van der Waals surface area contributed by atoms with Gasteiger partial charge >= 0.3 is 0 Å². The highest BCUT2D eigenvalue weighted by Crippen LogP contribution is 2.47. The van der Waals surface area contributed by atoms with Crippen molar-refractivity contribution in [2.75, 3.05) is 0 Å². The maximum Gasteiger partial charge on any atom is 0.169 e. The van der Waals surface area contributed by atoms with E-state index in [0.717, 1.165) is 16.7 Å². The second-order valence-corrected chi connectivity index (χ2v) is 6.15. The highest BCUT2D eigenvalue weighted by molar-refractivity contribution is 5.78. The first-order valence-electron chi connectivity index (χ1n) is 7.39. The van der Waals surface area contributed by atoms with Gasteiger partial charge in [0.2, 0.25) is 0 Å². The van der Waals surface area contributed by atoms with Crippen molar-refractivity contribution in [1.29, 1.82) is 0 Å². The van der Waals surface area contributed by atoms with E-state index in [2.05, 4.69) is 13.0 Å². The first-order chi connectivity index (χ1) is 10.1. The van der Waals surface area contributed by atoms with E-state index in [4.69, 9.17) is 8.83 Å². The van der Waals surface area contributed by atoms with Gasteiger partial charge in [-0.2, -0.15) is 0 Å². The molecular formula is C18H18O3. The average molecular weight is 282 g/mol. The Morgan fingerprint density at radius 2 is 1.90 bits per heavy atom. The first-order valence-corrected chi connectivity index (χ1v) is 7.39. The molecule has 3 aromatic rings. The smallest absolute Gasteiger partial charge is 0.169 e. The number of hydrogen-bond donors (Lipinski definition) is 1. The fourth-order valence-electron chi connectivity index (χ4n) is 2.89. The van der Waals surface area contributed by atoms with Crippen LogP contribution >= 0.6 is 0 Å². The lowest BCUT2D eigenvalue weighted by Crippen LogP contribution is -1.95. The number of fused-ring (bicyclic) bond motifs is 1. The topological polar surface area (TPSA) is 46.5 Å². The van der Waals surface area contributed by atoms with Crippen molar-refractivity contribution in [3.05, 3.63) is 59.2 Å². The lowest BCUT2D eigenvalue weighted by molar-refractivity contribution is 0.162. The summed E-state index contributed by atoms with van der Waals surface area (Å²) in [5.41, 5.74) is 1.96. The van der Waals surface area contributed by atoms with Crippen LogP contribution in [0, 0.1) is 12.8 Å². The van der Waals surface area contributed by atoms with Crippen LogP contribution in [0.1, 0.15) is 48.2 Å². The van der Waals surface area contributed by atoms with Gasteiger partial charge in [0.15, 0.2) is 6.10 Å². The minimum Gasteiger partial charge on any atom is -0.463 e. The van der Waals surface area contributed by atoms with Crippen molar-refractivity contribution in [2.45, 2.75) is 32.3 Å². The minimum absolute atomic E-state index is 0.518. The van der Waals surface area contributed by atoms with Crippen molar-refractivity contribution >= 4 is 11.0 Å². The van der Waals surface area contributed by atoms with E-state index in [1.165, 1.54) is 12.0 Å². The highest BCUT2D eigenvalue weighted by Gasteiger charge is 2.37. The third-order valence-corrected chi connectivity index (χ3v) is 4.35. The molecule has 1 aliphatic carbocycles. The monoisotopic (exact) mass is 282 g/mol. The third-order valence-electron chi connectivity index (χ3n) is 4.35. The van der Waals surface area contributed by atoms with Gasteiger partial charge in [0, 0.05) is 11.3 Å². The predicted octanol–water partition coefficient (Wildman–Crippen LogP) is 4.54. The molecule has 21 heavy (non-hydrogen) atoms. The number of aliphatic hydroxyl groups is 1. The number of furan rings is 2. The van der Waals surface area contributed by atoms with Gasteiger partial charge in [0.25, 0.3) is 0 Å². The van der Waals surface area contributed by atoms with Crippen molar-refractivity contribution in [3.63, 3.8) is 0 Å². The Kier molecular flexibility index (Phi) is 2.73. The zero-order chi connectivity index (χ0) is 14.6. The first kappa shape index (κ1) is 12.7. The molecule has 4 rings (SSSR count). The Labute approximate surface area is 123 Å². The Morgan fingerprint density at radius 3 is 2.67 bits per heavy atom. The predicted molar refractivity (Wildman–Crippen MR) is 80.2 cm³/mol. The largest absolute Gasteiger partial charge is 0.463 e. The van der Waals surface area contributed by atoms with E-state index < -0.39 is 6.10 Å². The van der Waals surface area contributed by atoms with Crippen LogP contribution < -0.4 is 0 Å². The molecule has 1 saturated carbocycles. The Bertz CT molecular complexity index is 796. The molecule has 0 amide bonds. The summed E-state index contributed by atoms with van der Waals surface area (Å²) in [6, 6.07) is 11.7. The zero-order valence-electron chi connectivity index (χ0n) is 12.2. The van der Waals surface area contributed by atoms with Gasteiger partial charge in [-0.3, -0.25) is 0 Å². The second-order valence-electron chi connectivity index (χ2n) is 6.15. The molecule has 2 heterocycles. The fraction of sp³-hybridized carbons (Fsp3) is 0.333. The minimum atomic E-state index is -0.847. The van der Waals surface area contributed by atoms with Crippen LogP contribution in [0.3, 0.4) is 0 Å². The van der Waals surface area contributed by atoms with Crippen molar-refractivity contribution in [3.8, 4) is 0 Å². The molecule has 1 N–H and O–H groups in total. The Balaban J connectivity index is 1.65. The van der Waals surface area contributed by atoms with Crippen LogP contribution in [0.25, 0.3) is 11.0 Å². The molecular weight excluding hydrogens is 264 g/mol. The van der Waals surface area contributed by atoms with Crippen LogP contribution in [-0.2, 0) is 0 Å². The van der Waals surface area contributed by atoms with Gasteiger partial charge < -0.3 is 13.9 Å². The number of hydrogen-bond acceptors (Lipinski definition) is 3. The molecule has 1 fully saturated rings. The van der Waals surface area contributed by atoms with Crippen LogP contribution in [0.4, 0.5) is 0 Å². The van der Waals surface area contributed by atoms with E-state index in [9.17, 15) is 5.11 Å². The fourth-order valence-corrected chi connectivity index (χ4v) is 2.89. The summed E-state index contributed by atoms with van der Waals surface area (Å²) in [7, 11) is 0. The summed E-state index contributed by atoms with van der Waals surface area (Å²) in [6.07, 6.45) is 0.327. The summed E-state index contributed by atoms with van der Waals surface area (Å²) >= 11 is 0. The Morgan fingerprint density at radius 1 is 1.10 bits per heavy atom. The molecule has 3 heteroatoms. The van der Waals surface area contributed by atoms with E-state index in [1.807, 2.05) is 37.3 Å². The molecule has 0 spiro atoms. The van der Waals surface area contributed by atoms with Crippen molar-refractivity contribution in [1.82, 2.24) is 0 Å². The van der Waals surface area contributed by atoms with Crippen LogP contribution in [0.2, 0.25) is 0 Å². The molecule has 3 nitrogen and oxygen atoms in total. The quantitative estimate of drug-likeness (QED) is 0.767. The van der Waals surface area contributed by atoms with E-state index >= 15 is 0 Å². The maximum absolute atomic E-state index is 10.5. The summed E-state index contributed by atoms with van der Waals surface area (Å²) in [6.45, 7) is 4.25. The van der Waals surface area contributed by atoms with Gasteiger partial charge in [-0.15, -0.1) is 0 Å². The van der Waals surface area contributed by atoms with Gasteiger partial charge in [-0.25, -0.2) is 0 Å². The van der Waals surface area contributed by atoms with Crippen molar-refractivity contribution in [2.24, 2.45) is 5.92 Å². The van der Waals surface area contributed by atoms with Crippen molar-refractivity contribution < 1.29 is 13.9 Å². The summed E-state index contributed by atoms with van der Waals surface area (Å²) in [5.74, 6) is 3.27. The lowest BCUT2D eigenvalue weighted by atomic mass is 10.1. The number of benzene rings is 1. The molecule has 2 aromatic heterocycles. The molecule has 0 radical (unpaired) electrons. The number of aryl methyl sites for hydroxylation is 1. The maximum atomic E-state index is 10.5. The highest BCUT2D eigenvalue weighted by atomic mass is 16.4. The molecule has 1 aliphatic rings. The summed E-state index contributed by atoms with van der Waals surface area (Å²) in [4.78, 5) is 0. The van der Waals surface area contributed by atoms with Gasteiger partial charge in [0.1, 0.15) is 22.9 Å². The molecule has 0 bridgehead atoms. The molecule has 0 saturated heterocycles. The molecule has 3 unspecified atom stereocenters. The van der Waals surface area contributed by atoms with Gasteiger partial charge in [-0.05, 0) is 49.6 Å². The Hall–Kier alpha value is -2.00. The van der Waals surface area contributed by atoms with Gasteiger partial charge in [0.05, 0.1) is 0 Å². The molecule has 1 aromatic carbocycles. The normalized spacial score (nSPS) is 22.6. The van der Waals surface area contributed by atoms with Crippen LogP contribution in [0.15, 0.2) is 45.2 Å². The SMILES string of the molecule is Cc1ccc2oc(C(O)c3ccc(C4CC4C)o3)cc2c1. The zero-order valence-corrected chi connectivity index (χ0v) is 12.2. The van der Waals surface area contributed by atoms with Crippen LogP contribution in [-0.4, -0.2) is 5.11 Å². The third kappa shape index (κ3) is 2.18. The van der Waals surface area contributed by atoms with E-state index in [1.54, 1.807) is 0 Å². The molecule has 3 atom stereocenters. The average Bonchev–Trinajstić information content (AvgIpc) is 2.93. The second kappa shape index (κ2) is 4.50. The van der Waals surface area contributed by atoms with Gasteiger partial charge in [-0.1, -0.05) is 18.6 Å². The summed E-state index contributed by atoms with van der Waals surface area (Å²) < 4.78 is 11.5. The lowest BCUT2D eigenvalue weighted by Gasteiger charge is -2.03. The molecule has 108 valence electrons. The van der Waals surface area contributed by atoms with E-state index in [0.29, 0.717) is 23.4 Å². The standard InChI is InChI=1S/C18H18O3/c1-10-3-4-14-12(7-10)9-17(20-14)18(19)16-6-5-15(21-16)13-8-11(13)2/h3-7,9,11,13,18-19H,8H2,1-2H3. The summed E-state index contributed by atoms with van der Waals surface area (Å²) in [5, 5.41) is 11.5. The number of rotatable bonds is 3. The molecule has 0 aliphatic heterocycles. The van der Waals surface area contributed by atoms with E-state index in [-0.39, 0.29) is 0 Å².